The summed E-state index contributed by atoms with van der Waals surface area (Å²) in [5, 5.41) is 16.3. The van der Waals surface area contributed by atoms with Crippen LogP contribution in [0.2, 0.25) is 0 Å². The minimum absolute atomic E-state index is 0.110. The third kappa shape index (κ3) is 7.78. The Balaban J connectivity index is 1.41. The molecule has 0 saturated heterocycles. The standard InChI is InChI=1S/C32H31N3O5/c33-30(37)27(20-22-16-18-26(19-17-22)40-21-23-10-4-1-5-11-23)34-32(39)29(36)28(24-12-6-2-7-13-24)35-31(38)25-14-8-3-9-15-25/h1-19,27-29,36H,20-21H2,(H2,33,37)(H,34,39)(H,35,38)/t27-,28+,29-/m1/s1. The molecule has 40 heavy (non-hydrogen) atoms. The molecule has 0 aliphatic carbocycles. The Morgan fingerprint density at radius 2 is 1.30 bits per heavy atom. The van der Waals surface area contributed by atoms with Crippen LogP contribution in [0.15, 0.2) is 115 Å². The van der Waals surface area contributed by atoms with Crippen LogP contribution in [0, 0.1) is 0 Å². The normalized spacial score (nSPS) is 12.9. The molecular formula is C32H31N3O5. The molecule has 204 valence electrons. The number of primary amides is 1. The molecule has 4 aromatic rings. The van der Waals surface area contributed by atoms with Crippen molar-refractivity contribution in [1.82, 2.24) is 10.6 Å². The van der Waals surface area contributed by atoms with E-state index in [1.165, 1.54) is 0 Å². The highest BCUT2D eigenvalue weighted by atomic mass is 16.5. The third-order valence-electron chi connectivity index (χ3n) is 6.34. The lowest BCUT2D eigenvalue weighted by molar-refractivity contribution is -0.134. The number of benzene rings is 4. The van der Waals surface area contributed by atoms with Gasteiger partial charge in [-0.15, -0.1) is 0 Å². The Labute approximate surface area is 232 Å². The van der Waals surface area contributed by atoms with Gasteiger partial charge in [0.2, 0.25) is 5.91 Å². The SMILES string of the molecule is NC(=O)[C@@H](Cc1ccc(OCc2ccccc2)cc1)NC(=O)[C@H](O)[C@@H](NC(=O)c1ccccc1)c1ccccc1. The topological polar surface area (TPSA) is 131 Å². The summed E-state index contributed by atoms with van der Waals surface area (Å²) >= 11 is 0. The molecule has 4 rings (SSSR count). The second-order valence-electron chi connectivity index (χ2n) is 9.26. The van der Waals surface area contributed by atoms with Crippen molar-refractivity contribution in [2.45, 2.75) is 31.2 Å². The summed E-state index contributed by atoms with van der Waals surface area (Å²) in [4.78, 5) is 38.2. The third-order valence-corrected chi connectivity index (χ3v) is 6.34. The van der Waals surface area contributed by atoms with E-state index < -0.39 is 35.9 Å². The zero-order valence-corrected chi connectivity index (χ0v) is 21.8. The first-order valence-electron chi connectivity index (χ1n) is 12.8. The summed E-state index contributed by atoms with van der Waals surface area (Å²) in [5.74, 6) is -1.40. The average Bonchev–Trinajstić information content (AvgIpc) is 3.00. The van der Waals surface area contributed by atoms with Gasteiger partial charge in [-0.25, -0.2) is 0 Å². The molecule has 8 heteroatoms. The van der Waals surface area contributed by atoms with Gasteiger partial charge < -0.3 is 26.2 Å². The summed E-state index contributed by atoms with van der Waals surface area (Å²) < 4.78 is 5.80. The lowest BCUT2D eigenvalue weighted by atomic mass is 9.99. The molecule has 0 spiro atoms. The quantitative estimate of drug-likeness (QED) is 0.220. The molecule has 0 aromatic heterocycles. The molecule has 3 atom stereocenters. The van der Waals surface area contributed by atoms with E-state index in [9.17, 15) is 19.5 Å². The van der Waals surface area contributed by atoms with Gasteiger partial charge in [0.25, 0.3) is 11.8 Å². The molecule has 3 amide bonds. The number of nitrogens with one attached hydrogen (secondary N) is 2. The number of nitrogens with two attached hydrogens (primary N) is 1. The summed E-state index contributed by atoms with van der Waals surface area (Å²) in [7, 11) is 0. The fourth-order valence-electron chi connectivity index (χ4n) is 4.15. The minimum Gasteiger partial charge on any atom is -0.489 e. The lowest BCUT2D eigenvalue weighted by Crippen LogP contribution is -2.52. The molecule has 0 heterocycles. The number of amides is 3. The highest BCUT2D eigenvalue weighted by Gasteiger charge is 2.31. The van der Waals surface area contributed by atoms with Crippen LogP contribution in [-0.4, -0.2) is 35.0 Å². The van der Waals surface area contributed by atoms with E-state index in [1.807, 2.05) is 30.3 Å². The van der Waals surface area contributed by atoms with Gasteiger partial charge in [-0.3, -0.25) is 14.4 Å². The summed E-state index contributed by atoms with van der Waals surface area (Å²) in [6, 6.07) is 31.9. The minimum atomic E-state index is -1.69. The lowest BCUT2D eigenvalue weighted by Gasteiger charge is -2.26. The zero-order chi connectivity index (χ0) is 28.3. The van der Waals surface area contributed by atoms with Gasteiger partial charge in [0, 0.05) is 12.0 Å². The second-order valence-corrected chi connectivity index (χ2v) is 9.26. The van der Waals surface area contributed by atoms with Crippen molar-refractivity contribution in [3.05, 3.63) is 138 Å². The molecule has 0 fully saturated rings. The Kier molecular flexibility index (Phi) is 9.63. The molecule has 8 nitrogen and oxygen atoms in total. The van der Waals surface area contributed by atoms with Crippen LogP contribution in [0.5, 0.6) is 5.75 Å². The first-order valence-corrected chi connectivity index (χ1v) is 12.8. The van der Waals surface area contributed by atoms with Crippen LogP contribution in [0.3, 0.4) is 0 Å². The van der Waals surface area contributed by atoms with Crippen LogP contribution in [0.1, 0.15) is 33.1 Å². The van der Waals surface area contributed by atoms with Crippen molar-refractivity contribution < 1.29 is 24.2 Å². The van der Waals surface area contributed by atoms with Crippen molar-refractivity contribution in [3.63, 3.8) is 0 Å². The van der Waals surface area contributed by atoms with Crippen LogP contribution in [0.25, 0.3) is 0 Å². The number of carbonyl (C=O) groups is 3. The molecule has 0 radical (unpaired) electrons. The fraction of sp³-hybridized carbons (Fsp3) is 0.156. The maximum absolute atomic E-state index is 13.1. The Morgan fingerprint density at radius 3 is 1.90 bits per heavy atom. The Morgan fingerprint density at radius 1 is 0.725 bits per heavy atom. The molecule has 0 aliphatic rings. The predicted octanol–water partition coefficient (Wildman–Crippen LogP) is 3.31. The largest absolute Gasteiger partial charge is 0.489 e. The van der Waals surface area contributed by atoms with E-state index in [1.54, 1.807) is 84.9 Å². The molecule has 0 aliphatic heterocycles. The van der Waals surface area contributed by atoms with Gasteiger partial charge in [0.1, 0.15) is 18.4 Å². The molecular weight excluding hydrogens is 506 g/mol. The van der Waals surface area contributed by atoms with Gasteiger partial charge in [-0.2, -0.15) is 0 Å². The monoisotopic (exact) mass is 537 g/mol. The maximum Gasteiger partial charge on any atom is 0.252 e. The molecule has 5 N–H and O–H groups in total. The number of hydrogen-bond acceptors (Lipinski definition) is 5. The molecule has 0 saturated carbocycles. The number of aliphatic hydroxyl groups is 1. The maximum atomic E-state index is 13.1. The van der Waals surface area contributed by atoms with Crippen LogP contribution < -0.4 is 21.1 Å². The van der Waals surface area contributed by atoms with E-state index in [0.717, 1.165) is 11.1 Å². The average molecular weight is 538 g/mol. The smallest absolute Gasteiger partial charge is 0.252 e. The summed E-state index contributed by atoms with van der Waals surface area (Å²) in [6.45, 7) is 0.418. The molecule has 0 bridgehead atoms. The van der Waals surface area contributed by atoms with Crippen molar-refractivity contribution in [2.24, 2.45) is 5.73 Å². The second kappa shape index (κ2) is 13.7. The van der Waals surface area contributed by atoms with Crippen molar-refractivity contribution in [2.75, 3.05) is 0 Å². The number of hydrogen-bond donors (Lipinski definition) is 4. The first-order chi connectivity index (χ1) is 19.4. The van der Waals surface area contributed by atoms with Crippen molar-refractivity contribution in [1.29, 1.82) is 0 Å². The fourth-order valence-corrected chi connectivity index (χ4v) is 4.15. The molecule has 4 aromatic carbocycles. The summed E-state index contributed by atoms with van der Waals surface area (Å²) in [6.07, 6.45) is -1.58. The van der Waals surface area contributed by atoms with Crippen molar-refractivity contribution in [3.8, 4) is 5.75 Å². The summed E-state index contributed by atoms with van der Waals surface area (Å²) in [5.41, 5.74) is 8.27. The van der Waals surface area contributed by atoms with Crippen LogP contribution in [0.4, 0.5) is 0 Å². The van der Waals surface area contributed by atoms with Gasteiger partial charge in [0.05, 0.1) is 6.04 Å². The van der Waals surface area contributed by atoms with Gasteiger partial charge in [-0.05, 0) is 41.0 Å². The zero-order valence-electron chi connectivity index (χ0n) is 21.8. The Hall–Kier alpha value is -4.95. The van der Waals surface area contributed by atoms with Gasteiger partial charge in [0.15, 0.2) is 6.10 Å². The number of ether oxygens (including phenoxy) is 1. The van der Waals surface area contributed by atoms with Gasteiger partial charge >= 0.3 is 0 Å². The first kappa shape index (κ1) is 28.1. The van der Waals surface area contributed by atoms with E-state index in [4.69, 9.17) is 10.5 Å². The highest BCUT2D eigenvalue weighted by molar-refractivity contribution is 5.95. The number of rotatable bonds is 12. The van der Waals surface area contributed by atoms with E-state index in [0.29, 0.717) is 23.5 Å². The van der Waals surface area contributed by atoms with E-state index in [-0.39, 0.29) is 6.42 Å². The van der Waals surface area contributed by atoms with Crippen LogP contribution in [-0.2, 0) is 22.6 Å². The van der Waals surface area contributed by atoms with Crippen LogP contribution >= 0.6 is 0 Å². The van der Waals surface area contributed by atoms with Crippen molar-refractivity contribution >= 4 is 17.7 Å². The number of aliphatic hydroxyl groups excluding tert-OH is 1. The Bertz CT molecular complexity index is 1400. The van der Waals surface area contributed by atoms with E-state index in [2.05, 4.69) is 10.6 Å². The predicted molar refractivity (Wildman–Crippen MR) is 151 cm³/mol. The van der Waals surface area contributed by atoms with E-state index >= 15 is 0 Å². The highest BCUT2D eigenvalue weighted by Crippen LogP contribution is 2.19. The molecule has 0 unspecified atom stereocenters. The number of carbonyl (C=O) groups excluding carboxylic acids is 3. The van der Waals surface area contributed by atoms with Gasteiger partial charge in [-0.1, -0.05) is 91.0 Å².